The highest BCUT2D eigenvalue weighted by molar-refractivity contribution is 6.53. The molecule has 0 atom stereocenters. The van der Waals surface area contributed by atoms with E-state index in [9.17, 15) is 9.59 Å². The standard InChI is InChI=1S/C20H19ClN2O3/c1-4-26-16-8-6-5-7-14(16)22-18-17(21)19(24)23(20(18)25)15-10-9-12(2)11-13(15)3/h5-11,22H,4H2,1-3H3. The van der Waals surface area contributed by atoms with Gasteiger partial charge in [-0.2, -0.15) is 0 Å². The predicted molar refractivity (Wildman–Crippen MR) is 103 cm³/mol. The topological polar surface area (TPSA) is 58.6 Å². The number of ether oxygens (including phenoxy) is 1. The molecule has 2 aromatic rings. The minimum Gasteiger partial charge on any atom is -0.492 e. The van der Waals surface area contributed by atoms with E-state index in [0.29, 0.717) is 23.7 Å². The summed E-state index contributed by atoms with van der Waals surface area (Å²) in [6.07, 6.45) is 0. The Morgan fingerprint density at radius 3 is 2.50 bits per heavy atom. The van der Waals surface area contributed by atoms with Crippen molar-refractivity contribution in [3.63, 3.8) is 0 Å². The van der Waals surface area contributed by atoms with Gasteiger partial charge in [0, 0.05) is 0 Å². The van der Waals surface area contributed by atoms with Gasteiger partial charge >= 0.3 is 0 Å². The summed E-state index contributed by atoms with van der Waals surface area (Å²) in [5.41, 5.74) is 3.02. The molecule has 5 nitrogen and oxygen atoms in total. The first-order valence-corrected chi connectivity index (χ1v) is 8.66. The Morgan fingerprint density at radius 2 is 1.81 bits per heavy atom. The van der Waals surface area contributed by atoms with Crippen LogP contribution in [0.4, 0.5) is 11.4 Å². The van der Waals surface area contributed by atoms with Crippen LogP contribution in [-0.4, -0.2) is 18.4 Å². The summed E-state index contributed by atoms with van der Waals surface area (Å²) < 4.78 is 5.55. The highest BCUT2D eigenvalue weighted by Crippen LogP contribution is 2.34. The SMILES string of the molecule is CCOc1ccccc1NC1=C(Cl)C(=O)N(c2ccc(C)cc2C)C1=O. The second-order valence-electron chi connectivity index (χ2n) is 5.98. The minimum atomic E-state index is -0.542. The summed E-state index contributed by atoms with van der Waals surface area (Å²) in [6.45, 7) is 6.15. The molecule has 1 N–H and O–H groups in total. The highest BCUT2D eigenvalue weighted by atomic mass is 35.5. The first-order chi connectivity index (χ1) is 12.4. The number of halogens is 1. The predicted octanol–water partition coefficient (Wildman–Crippen LogP) is 4.14. The Balaban J connectivity index is 1.95. The van der Waals surface area contributed by atoms with Gasteiger partial charge in [-0.05, 0) is 44.5 Å². The number of carbonyl (C=O) groups is 2. The van der Waals surface area contributed by atoms with Crippen LogP contribution in [0.15, 0.2) is 53.2 Å². The zero-order valence-electron chi connectivity index (χ0n) is 14.8. The summed E-state index contributed by atoms with van der Waals surface area (Å²) >= 11 is 6.20. The molecule has 0 fully saturated rings. The van der Waals surface area contributed by atoms with Crippen molar-refractivity contribution in [2.75, 3.05) is 16.8 Å². The Bertz CT molecular complexity index is 921. The van der Waals surface area contributed by atoms with Crippen molar-refractivity contribution < 1.29 is 14.3 Å². The van der Waals surface area contributed by atoms with E-state index < -0.39 is 11.8 Å². The van der Waals surface area contributed by atoms with Gasteiger partial charge in [-0.1, -0.05) is 41.4 Å². The van der Waals surface area contributed by atoms with Crippen LogP contribution in [0.3, 0.4) is 0 Å². The normalized spacial score (nSPS) is 14.2. The average Bonchev–Trinajstić information content (AvgIpc) is 2.81. The van der Waals surface area contributed by atoms with Crippen molar-refractivity contribution in [1.82, 2.24) is 0 Å². The van der Waals surface area contributed by atoms with Gasteiger partial charge < -0.3 is 10.1 Å². The molecule has 0 bridgehead atoms. The molecule has 2 amide bonds. The zero-order chi connectivity index (χ0) is 18.8. The van der Waals surface area contributed by atoms with Gasteiger partial charge in [0.25, 0.3) is 11.8 Å². The largest absolute Gasteiger partial charge is 0.492 e. The van der Waals surface area contributed by atoms with Crippen LogP contribution >= 0.6 is 11.6 Å². The van der Waals surface area contributed by atoms with Crippen molar-refractivity contribution in [2.24, 2.45) is 0 Å². The lowest BCUT2D eigenvalue weighted by molar-refractivity contribution is -0.120. The third-order valence-electron chi connectivity index (χ3n) is 4.07. The molecule has 3 rings (SSSR count). The molecule has 2 aromatic carbocycles. The monoisotopic (exact) mass is 370 g/mol. The number of hydrogen-bond acceptors (Lipinski definition) is 4. The van der Waals surface area contributed by atoms with E-state index in [1.165, 1.54) is 0 Å². The maximum atomic E-state index is 12.9. The maximum Gasteiger partial charge on any atom is 0.283 e. The van der Waals surface area contributed by atoms with Crippen LogP contribution in [0.2, 0.25) is 0 Å². The molecule has 0 spiro atoms. The number of hydrogen-bond donors (Lipinski definition) is 1. The molecule has 0 radical (unpaired) electrons. The number of amides is 2. The van der Waals surface area contributed by atoms with Crippen LogP contribution < -0.4 is 15.0 Å². The van der Waals surface area contributed by atoms with E-state index in [1.54, 1.807) is 18.2 Å². The summed E-state index contributed by atoms with van der Waals surface area (Å²) in [6, 6.07) is 12.7. The van der Waals surface area contributed by atoms with Crippen LogP contribution in [-0.2, 0) is 9.59 Å². The van der Waals surface area contributed by atoms with E-state index in [4.69, 9.17) is 16.3 Å². The van der Waals surface area contributed by atoms with E-state index in [2.05, 4.69) is 5.32 Å². The molecule has 134 valence electrons. The molecule has 1 aliphatic rings. The van der Waals surface area contributed by atoms with Crippen LogP contribution in [0.5, 0.6) is 5.75 Å². The van der Waals surface area contributed by atoms with Crippen molar-refractivity contribution in [3.05, 3.63) is 64.3 Å². The highest BCUT2D eigenvalue weighted by Gasteiger charge is 2.39. The van der Waals surface area contributed by atoms with Gasteiger partial charge in [0.05, 0.1) is 18.0 Å². The summed E-state index contributed by atoms with van der Waals surface area (Å²) in [5, 5.41) is 2.83. The molecule has 0 aliphatic carbocycles. The van der Waals surface area contributed by atoms with Gasteiger partial charge in [0.1, 0.15) is 16.5 Å². The lowest BCUT2D eigenvalue weighted by Gasteiger charge is -2.18. The van der Waals surface area contributed by atoms with Crippen LogP contribution in [0, 0.1) is 13.8 Å². The molecule has 0 unspecified atom stereocenters. The van der Waals surface area contributed by atoms with E-state index >= 15 is 0 Å². The number of rotatable bonds is 5. The van der Waals surface area contributed by atoms with Gasteiger partial charge in [0.15, 0.2) is 0 Å². The zero-order valence-corrected chi connectivity index (χ0v) is 15.6. The second-order valence-corrected chi connectivity index (χ2v) is 6.36. The lowest BCUT2D eigenvalue weighted by atomic mass is 10.1. The molecular formula is C20H19ClN2O3. The molecule has 1 aliphatic heterocycles. The number of nitrogens with zero attached hydrogens (tertiary/aromatic N) is 1. The number of nitrogens with one attached hydrogen (secondary N) is 1. The molecule has 0 saturated heterocycles. The molecular weight excluding hydrogens is 352 g/mol. The Morgan fingerprint density at radius 1 is 1.08 bits per heavy atom. The van der Waals surface area contributed by atoms with Crippen molar-refractivity contribution in [1.29, 1.82) is 0 Å². The minimum absolute atomic E-state index is 0.0452. The molecule has 1 heterocycles. The van der Waals surface area contributed by atoms with E-state index in [-0.39, 0.29) is 10.7 Å². The summed E-state index contributed by atoms with van der Waals surface area (Å²) in [4.78, 5) is 26.6. The van der Waals surface area contributed by atoms with Crippen LogP contribution in [0.25, 0.3) is 0 Å². The fourth-order valence-electron chi connectivity index (χ4n) is 2.87. The number of anilines is 2. The van der Waals surface area contributed by atoms with Crippen LogP contribution in [0.1, 0.15) is 18.1 Å². The number of benzene rings is 2. The average molecular weight is 371 g/mol. The number of carbonyl (C=O) groups excluding carboxylic acids is 2. The molecule has 0 aromatic heterocycles. The Hall–Kier alpha value is -2.79. The molecule has 6 heteroatoms. The lowest BCUT2D eigenvalue weighted by Crippen LogP contribution is -2.32. The fourth-order valence-corrected chi connectivity index (χ4v) is 3.08. The third kappa shape index (κ3) is 3.18. The number of imide groups is 1. The third-order valence-corrected chi connectivity index (χ3v) is 4.42. The van der Waals surface area contributed by atoms with Crippen molar-refractivity contribution >= 4 is 34.8 Å². The second kappa shape index (κ2) is 7.22. The number of aryl methyl sites for hydroxylation is 2. The first kappa shape index (κ1) is 18.0. The smallest absolute Gasteiger partial charge is 0.283 e. The Labute approximate surface area is 157 Å². The van der Waals surface area contributed by atoms with Gasteiger partial charge in [0.2, 0.25) is 0 Å². The Kier molecular flexibility index (Phi) is 5.00. The van der Waals surface area contributed by atoms with Gasteiger partial charge in [-0.3, -0.25) is 9.59 Å². The van der Waals surface area contributed by atoms with E-state index in [1.807, 2.05) is 45.0 Å². The maximum absolute atomic E-state index is 12.9. The summed E-state index contributed by atoms with van der Waals surface area (Å²) in [5.74, 6) is -0.449. The number of para-hydroxylation sites is 2. The van der Waals surface area contributed by atoms with Crippen molar-refractivity contribution in [3.8, 4) is 5.75 Å². The molecule has 0 saturated carbocycles. The summed E-state index contributed by atoms with van der Waals surface area (Å²) in [7, 11) is 0. The van der Waals surface area contributed by atoms with Gasteiger partial charge in [-0.25, -0.2) is 4.90 Å². The van der Waals surface area contributed by atoms with E-state index in [0.717, 1.165) is 16.0 Å². The van der Waals surface area contributed by atoms with Gasteiger partial charge in [-0.15, -0.1) is 0 Å². The fraction of sp³-hybridized carbons (Fsp3) is 0.200. The molecule has 26 heavy (non-hydrogen) atoms. The quantitative estimate of drug-likeness (QED) is 0.804. The van der Waals surface area contributed by atoms with Crippen molar-refractivity contribution in [2.45, 2.75) is 20.8 Å². The first-order valence-electron chi connectivity index (χ1n) is 8.28.